The molecule has 0 heterocycles. The highest BCUT2D eigenvalue weighted by Crippen LogP contribution is 2.35. The van der Waals surface area contributed by atoms with Crippen LogP contribution in [0.15, 0.2) is 59.7 Å². The van der Waals surface area contributed by atoms with Crippen molar-refractivity contribution in [3.8, 4) is 17.2 Å². The van der Waals surface area contributed by atoms with E-state index in [1.807, 2.05) is 56.3 Å². The zero-order valence-electron chi connectivity index (χ0n) is 19.3. The average molecular weight is 627 g/mol. The number of carbonyl (C=O) groups is 1. The number of hydrazone groups is 1. The smallest absolute Gasteiger partial charge is 0.244 e. The van der Waals surface area contributed by atoms with E-state index in [4.69, 9.17) is 37.4 Å². The zero-order chi connectivity index (χ0) is 25.2. The van der Waals surface area contributed by atoms with Gasteiger partial charge in [-0.2, -0.15) is 5.10 Å². The molecule has 0 spiro atoms. The topological polar surface area (TPSA) is 69.2 Å². The molecule has 0 aliphatic carbocycles. The molecule has 0 bridgehead atoms. The van der Waals surface area contributed by atoms with Gasteiger partial charge in [-0.3, -0.25) is 4.79 Å². The zero-order valence-corrected chi connectivity index (χ0v) is 23.0. The summed E-state index contributed by atoms with van der Waals surface area (Å²) in [5.74, 6) is 1.74. The van der Waals surface area contributed by atoms with Crippen LogP contribution < -0.4 is 19.6 Å². The molecule has 184 valence electrons. The monoisotopic (exact) mass is 626 g/mol. The van der Waals surface area contributed by atoms with E-state index in [0.29, 0.717) is 34.8 Å². The van der Waals surface area contributed by atoms with Crippen LogP contribution in [0.1, 0.15) is 30.5 Å². The first-order valence-electron chi connectivity index (χ1n) is 11.0. The van der Waals surface area contributed by atoms with Gasteiger partial charge in [0.15, 0.2) is 11.5 Å². The van der Waals surface area contributed by atoms with Gasteiger partial charge in [0.05, 0.1) is 29.4 Å². The van der Waals surface area contributed by atoms with E-state index >= 15 is 0 Å². The van der Waals surface area contributed by atoms with E-state index in [-0.39, 0.29) is 18.9 Å². The predicted octanol–water partition coefficient (Wildman–Crippen LogP) is 6.67. The Balaban J connectivity index is 1.64. The number of benzene rings is 3. The molecule has 0 unspecified atom stereocenters. The summed E-state index contributed by atoms with van der Waals surface area (Å²) in [6, 6.07) is 16.4. The van der Waals surface area contributed by atoms with Crippen LogP contribution >= 0.6 is 45.8 Å². The maximum absolute atomic E-state index is 12.3. The number of carbonyl (C=O) groups excluding carboxylic acids is 1. The summed E-state index contributed by atoms with van der Waals surface area (Å²) in [7, 11) is 0. The molecule has 0 aliphatic rings. The molecule has 3 aromatic carbocycles. The largest absolute Gasteiger partial charge is 0.494 e. The second-order valence-electron chi connectivity index (χ2n) is 7.33. The van der Waals surface area contributed by atoms with Gasteiger partial charge in [-0.15, -0.1) is 0 Å². The Kier molecular flexibility index (Phi) is 10.5. The van der Waals surface area contributed by atoms with Crippen molar-refractivity contribution in [3.63, 3.8) is 0 Å². The molecule has 0 radical (unpaired) electrons. The quantitative estimate of drug-likeness (QED) is 0.147. The van der Waals surface area contributed by atoms with E-state index in [9.17, 15) is 4.79 Å². The number of rotatable bonds is 11. The van der Waals surface area contributed by atoms with Crippen molar-refractivity contribution in [2.24, 2.45) is 5.10 Å². The van der Waals surface area contributed by atoms with Crippen LogP contribution in [0, 0.1) is 3.57 Å². The Bertz CT molecular complexity index is 1190. The Hall–Kier alpha value is -2.49. The van der Waals surface area contributed by atoms with Gasteiger partial charge in [0.25, 0.3) is 0 Å². The van der Waals surface area contributed by atoms with Crippen molar-refractivity contribution in [3.05, 3.63) is 84.9 Å². The van der Waals surface area contributed by atoms with Gasteiger partial charge in [-0.1, -0.05) is 41.4 Å². The van der Waals surface area contributed by atoms with E-state index < -0.39 is 0 Å². The van der Waals surface area contributed by atoms with E-state index in [0.717, 1.165) is 26.0 Å². The number of ether oxygens (including phenoxy) is 3. The summed E-state index contributed by atoms with van der Waals surface area (Å²) in [6.07, 6.45) is 1.78. The van der Waals surface area contributed by atoms with Gasteiger partial charge in [0.1, 0.15) is 12.4 Å². The Morgan fingerprint density at radius 1 is 1.00 bits per heavy atom. The van der Waals surface area contributed by atoms with Crippen LogP contribution in [0.4, 0.5) is 0 Å². The highest BCUT2D eigenvalue weighted by atomic mass is 127. The van der Waals surface area contributed by atoms with Gasteiger partial charge < -0.3 is 14.2 Å². The molecule has 1 N–H and O–H groups in total. The normalized spacial score (nSPS) is 10.9. The van der Waals surface area contributed by atoms with Gasteiger partial charge in [0.2, 0.25) is 5.91 Å². The third kappa shape index (κ3) is 8.30. The molecule has 0 saturated heterocycles. The molecule has 6 nitrogen and oxygen atoms in total. The first-order chi connectivity index (χ1) is 16.9. The van der Waals surface area contributed by atoms with Crippen molar-refractivity contribution in [1.29, 1.82) is 0 Å². The maximum Gasteiger partial charge on any atom is 0.244 e. The second-order valence-corrected chi connectivity index (χ2v) is 9.34. The number of nitrogens with zero attached hydrogens (tertiary/aromatic N) is 1. The average Bonchev–Trinajstić information content (AvgIpc) is 2.81. The SMILES string of the molecule is CCOc1ccc(CC(=O)N/N=C/c2cc(I)c(OCc3ccc(Cl)cc3Cl)c(OCC)c2)cc1. The van der Waals surface area contributed by atoms with Crippen molar-refractivity contribution < 1.29 is 19.0 Å². The fourth-order valence-corrected chi connectivity index (χ4v) is 4.37. The molecule has 3 rings (SSSR count). The number of halogens is 3. The van der Waals surface area contributed by atoms with E-state index in [2.05, 4.69) is 33.1 Å². The number of amides is 1. The molecule has 1 amide bonds. The summed E-state index contributed by atoms with van der Waals surface area (Å²) in [5.41, 5.74) is 5.01. The van der Waals surface area contributed by atoms with Crippen molar-refractivity contribution >= 4 is 57.9 Å². The van der Waals surface area contributed by atoms with Crippen LogP contribution in [0.3, 0.4) is 0 Å². The fraction of sp³-hybridized carbons (Fsp3) is 0.231. The molecule has 3 aromatic rings. The van der Waals surface area contributed by atoms with Gasteiger partial charge in [0, 0.05) is 15.6 Å². The minimum Gasteiger partial charge on any atom is -0.494 e. The lowest BCUT2D eigenvalue weighted by molar-refractivity contribution is -0.120. The molecule has 9 heteroatoms. The third-order valence-corrected chi connectivity index (χ3v) is 6.11. The Morgan fingerprint density at radius 3 is 2.43 bits per heavy atom. The number of hydrogen-bond donors (Lipinski definition) is 1. The van der Waals surface area contributed by atoms with Crippen LogP contribution in [-0.4, -0.2) is 25.3 Å². The first-order valence-corrected chi connectivity index (χ1v) is 12.8. The maximum atomic E-state index is 12.3. The minimum absolute atomic E-state index is 0.214. The molecule has 0 aliphatic heterocycles. The first kappa shape index (κ1) is 27.1. The lowest BCUT2D eigenvalue weighted by Crippen LogP contribution is -2.19. The predicted molar refractivity (Wildman–Crippen MR) is 148 cm³/mol. The van der Waals surface area contributed by atoms with Gasteiger partial charge in [-0.25, -0.2) is 5.43 Å². The van der Waals surface area contributed by atoms with E-state index in [1.165, 1.54) is 0 Å². The van der Waals surface area contributed by atoms with Crippen LogP contribution in [-0.2, 0) is 17.8 Å². The molecule has 0 aromatic heterocycles. The second kappa shape index (κ2) is 13.6. The molecular weight excluding hydrogens is 602 g/mol. The van der Waals surface area contributed by atoms with Crippen molar-refractivity contribution in [2.75, 3.05) is 13.2 Å². The Labute approximate surface area is 228 Å². The number of hydrogen-bond acceptors (Lipinski definition) is 5. The van der Waals surface area contributed by atoms with Crippen LogP contribution in [0.25, 0.3) is 0 Å². The molecule has 35 heavy (non-hydrogen) atoms. The van der Waals surface area contributed by atoms with Gasteiger partial charge >= 0.3 is 0 Å². The van der Waals surface area contributed by atoms with Crippen LogP contribution in [0.5, 0.6) is 17.2 Å². The standard InChI is InChI=1S/C26H25Cl2IN2O4/c1-3-33-21-9-5-17(6-10-21)13-25(32)31-30-15-18-11-23(29)26(24(12-18)34-4-2)35-16-19-7-8-20(27)14-22(19)28/h5-12,14-15H,3-4,13,16H2,1-2H3,(H,31,32)/b30-15+. The van der Waals surface area contributed by atoms with Gasteiger partial charge in [-0.05, 0) is 84.0 Å². The fourth-order valence-electron chi connectivity index (χ4n) is 3.13. The highest BCUT2D eigenvalue weighted by Gasteiger charge is 2.13. The third-order valence-electron chi connectivity index (χ3n) is 4.72. The molecule has 0 atom stereocenters. The lowest BCUT2D eigenvalue weighted by Gasteiger charge is -2.15. The molecule has 0 saturated carbocycles. The summed E-state index contributed by atoms with van der Waals surface area (Å²) in [4.78, 5) is 12.3. The summed E-state index contributed by atoms with van der Waals surface area (Å²) in [6.45, 7) is 5.15. The summed E-state index contributed by atoms with van der Waals surface area (Å²) < 4.78 is 18.1. The summed E-state index contributed by atoms with van der Waals surface area (Å²) >= 11 is 14.4. The number of nitrogens with one attached hydrogen (secondary N) is 1. The van der Waals surface area contributed by atoms with Crippen molar-refractivity contribution in [1.82, 2.24) is 5.43 Å². The summed E-state index contributed by atoms with van der Waals surface area (Å²) in [5, 5.41) is 5.20. The molecular formula is C26H25Cl2IN2O4. The molecule has 0 fully saturated rings. The van der Waals surface area contributed by atoms with Crippen molar-refractivity contribution in [2.45, 2.75) is 26.9 Å². The lowest BCUT2D eigenvalue weighted by atomic mass is 10.1. The minimum atomic E-state index is -0.218. The highest BCUT2D eigenvalue weighted by molar-refractivity contribution is 14.1. The van der Waals surface area contributed by atoms with Crippen LogP contribution in [0.2, 0.25) is 10.0 Å². The van der Waals surface area contributed by atoms with E-state index in [1.54, 1.807) is 18.3 Å². The Morgan fingerprint density at radius 2 is 1.74 bits per heavy atom.